The Hall–Kier alpha value is -5.21. The summed E-state index contributed by atoms with van der Waals surface area (Å²) in [5, 5.41) is 20.5. The van der Waals surface area contributed by atoms with Gasteiger partial charge in [0.25, 0.3) is 17.6 Å². The van der Waals surface area contributed by atoms with E-state index < -0.39 is 11.7 Å². The van der Waals surface area contributed by atoms with Crippen molar-refractivity contribution in [2.24, 2.45) is 0 Å². The summed E-state index contributed by atoms with van der Waals surface area (Å²) in [5.41, 5.74) is 1.42. The van der Waals surface area contributed by atoms with Crippen molar-refractivity contribution in [3.8, 4) is 17.4 Å². The fraction of sp³-hybridized carbons (Fsp3) is 0.261. The SMILES string of the molecule is COc1cnc(-n2cc(C)nn2)c2[nH]cc(C(=O)C(=O)N3CCN(c4nnnn4-c4ccccn4)CC3)c12. The number of aryl methyl sites for hydroxylation is 1. The molecule has 1 aliphatic heterocycles. The zero-order valence-electron chi connectivity index (χ0n) is 20.5. The summed E-state index contributed by atoms with van der Waals surface area (Å²) in [4.78, 5) is 41.9. The maximum atomic E-state index is 13.4. The lowest BCUT2D eigenvalue weighted by molar-refractivity contribution is -0.126. The minimum atomic E-state index is -0.645. The molecule has 1 fully saturated rings. The molecule has 5 aromatic rings. The Bertz CT molecular complexity index is 1630. The Morgan fingerprint density at radius 3 is 2.61 bits per heavy atom. The van der Waals surface area contributed by atoms with E-state index in [0.717, 1.165) is 0 Å². The van der Waals surface area contributed by atoms with Gasteiger partial charge < -0.3 is 19.5 Å². The largest absolute Gasteiger partial charge is 0.494 e. The minimum absolute atomic E-state index is 0.198. The molecule has 38 heavy (non-hydrogen) atoms. The van der Waals surface area contributed by atoms with E-state index in [1.54, 1.807) is 23.1 Å². The zero-order valence-corrected chi connectivity index (χ0v) is 20.5. The van der Waals surface area contributed by atoms with Crippen LogP contribution >= 0.6 is 0 Å². The van der Waals surface area contributed by atoms with Crippen LogP contribution in [-0.2, 0) is 4.79 Å². The van der Waals surface area contributed by atoms with Gasteiger partial charge in [-0.1, -0.05) is 16.4 Å². The number of amides is 1. The van der Waals surface area contributed by atoms with E-state index in [9.17, 15) is 9.59 Å². The standard InChI is InChI=1S/C23H22N12O3/c1-14-13-34(30-27-14)21-19-18(16(38-2)12-26-21)15(11-25-19)20(36)22(37)32-7-9-33(10-8-32)23-28-29-31-35(23)17-5-3-4-6-24-17/h3-6,11-13,25H,7-10H2,1-2H3. The molecule has 0 atom stereocenters. The predicted octanol–water partition coefficient (Wildman–Crippen LogP) is 0.363. The summed E-state index contributed by atoms with van der Waals surface area (Å²) in [7, 11) is 1.48. The minimum Gasteiger partial charge on any atom is -0.494 e. The molecule has 15 nitrogen and oxygen atoms in total. The molecule has 1 saturated heterocycles. The van der Waals surface area contributed by atoms with Gasteiger partial charge in [0.05, 0.1) is 41.7 Å². The molecule has 0 radical (unpaired) electrons. The number of anilines is 1. The second kappa shape index (κ2) is 9.34. The number of ketones is 1. The summed E-state index contributed by atoms with van der Waals surface area (Å²) in [6, 6.07) is 5.46. The fourth-order valence-electron chi connectivity index (χ4n) is 4.44. The van der Waals surface area contributed by atoms with Crippen LogP contribution in [0.2, 0.25) is 0 Å². The van der Waals surface area contributed by atoms with Gasteiger partial charge in [0.2, 0.25) is 0 Å². The monoisotopic (exact) mass is 514 g/mol. The lowest BCUT2D eigenvalue weighted by Crippen LogP contribution is -2.51. The van der Waals surface area contributed by atoms with Crippen LogP contribution < -0.4 is 9.64 Å². The van der Waals surface area contributed by atoms with Crippen molar-refractivity contribution in [3.63, 3.8) is 0 Å². The molecule has 0 spiro atoms. The van der Waals surface area contributed by atoms with Crippen LogP contribution in [0.25, 0.3) is 22.5 Å². The summed E-state index contributed by atoms with van der Waals surface area (Å²) >= 11 is 0. The number of methoxy groups -OCH3 is 1. The van der Waals surface area contributed by atoms with E-state index in [1.165, 1.54) is 29.1 Å². The summed E-state index contributed by atoms with van der Waals surface area (Å²) in [6.07, 6.45) is 6.37. The van der Waals surface area contributed by atoms with Gasteiger partial charge in [-0.3, -0.25) is 9.59 Å². The molecular weight excluding hydrogens is 492 g/mol. The van der Waals surface area contributed by atoms with Crippen molar-refractivity contribution in [2.45, 2.75) is 6.92 Å². The van der Waals surface area contributed by atoms with E-state index in [-0.39, 0.29) is 5.56 Å². The van der Waals surface area contributed by atoms with Crippen LogP contribution in [0, 0.1) is 6.92 Å². The van der Waals surface area contributed by atoms with Crippen LogP contribution in [0.4, 0.5) is 5.95 Å². The van der Waals surface area contributed by atoms with E-state index in [1.807, 2.05) is 24.0 Å². The number of ether oxygens (including phenoxy) is 1. The van der Waals surface area contributed by atoms with Crippen molar-refractivity contribution in [3.05, 3.63) is 54.2 Å². The molecule has 0 saturated carbocycles. The fourth-order valence-corrected chi connectivity index (χ4v) is 4.44. The van der Waals surface area contributed by atoms with Crippen molar-refractivity contribution in [1.82, 2.24) is 55.1 Å². The first-order valence-corrected chi connectivity index (χ1v) is 11.8. The van der Waals surface area contributed by atoms with Crippen LogP contribution in [0.5, 0.6) is 5.75 Å². The number of H-pyrrole nitrogens is 1. The normalized spacial score (nSPS) is 13.7. The van der Waals surface area contributed by atoms with Gasteiger partial charge in [-0.2, -0.15) is 9.36 Å². The van der Waals surface area contributed by atoms with Crippen molar-refractivity contribution in [2.75, 3.05) is 38.2 Å². The molecule has 192 valence electrons. The van der Waals surface area contributed by atoms with Gasteiger partial charge in [-0.15, -0.1) is 5.10 Å². The number of aromatic nitrogens is 10. The average Bonchev–Trinajstić information content (AvgIpc) is 3.72. The number of nitrogens with one attached hydrogen (secondary N) is 1. The molecule has 1 aliphatic rings. The number of hydrogen-bond donors (Lipinski definition) is 1. The van der Waals surface area contributed by atoms with Crippen molar-refractivity contribution >= 4 is 28.5 Å². The number of nitrogens with zero attached hydrogens (tertiary/aromatic N) is 11. The smallest absolute Gasteiger partial charge is 0.295 e. The highest BCUT2D eigenvalue weighted by Crippen LogP contribution is 2.32. The van der Waals surface area contributed by atoms with Crippen LogP contribution in [-0.4, -0.2) is 100 Å². The number of aromatic amines is 1. The van der Waals surface area contributed by atoms with E-state index >= 15 is 0 Å². The molecule has 1 amide bonds. The highest BCUT2D eigenvalue weighted by Gasteiger charge is 2.31. The topological polar surface area (TPSA) is 166 Å². The average molecular weight is 515 g/mol. The Kier molecular flexibility index (Phi) is 5.71. The van der Waals surface area contributed by atoms with Gasteiger partial charge in [-0.05, 0) is 29.5 Å². The summed E-state index contributed by atoms with van der Waals surface area (Å²) in [5.74, 6) is 0.660. The lowest BCUT2D eigenvalue weighted by Gasteiger charge is -2.34. The first-order chi connectivity index (χ1) is 18.5. The third-order valence-electron chi connectivity index (χ3n) is 6.31. The number of tetrazole rings is 1. The van der Waals surface area contributed by atoms with E-state index in [0.29, 0.717) is 66.1 Å². The molecule has 0 unspecified atom stereocenters. The number of rotatable bonds is 6. The Labute approximate surface area is 215 Å². The quantitative estimate of drug-likeness (QED) is 0.246. The maximum Gasteiger partial charge on any atom is 0.295 e. The second-order valence-corrected chi connectivity index (χ2v) is 8.59. The number of piperazine rings is 1. The molecule has 15 heteroatoms. The first kappa shape index (κ1) is 23.2. The van der Waals surface area contributed by atoms with Crippen LogP contribution in [0.1, 0.15) is 16.1 Å². The number of carbonyl (C=O) groups is 2. The number of carbonyl (C=O) groups excluding carboxylic acids is 2. The van der Waals surface area contributed by atoms with Gasteiger partial charge in [-0.25, -0.2) is 9.97 Å². The highest BCUT2D eigenvalue weighted by molar-refractivity contribution is 6.45. The number of fused-ring (bicyclic) bond motifs is 1. The third kappa shape index (κ3) is 3.89. The Morgan fingerprint density at radius 2 is 1.89 bits per heavy atom. The molecule has 6 rings (SSSR count). The molecular formula is C23H22N12O3. The first-order valence-electron chi connectivity index (χ1n) is 11.8. The van der Waals surface area contributed by atoms with Crippen LogP contribution in [0.3, 0.4) is 0 Å². The van der Waals surface area contributed by atoms with Gasteiger partial charge >= 0.3 is 0 Å². The number of hydrogen-bond acceptors (Lipinski definition) is 11. The van der Waals surface area contributed by atoms with Gasteiger partial charge in [0.15, 0.2) is 11.6 Å². The lowest BCUT2D eigenvalue weighted by atomic mass is 10.1. The van der Waals surface area contributed by atoms with Crippen molar-refractivity contribution < 1.29 is 14.3 Å². The second-order valence-electron chi connectivity index (χ2n) is 8.59. The van der Waals surface area contributed by atoms with Crippen LogP contribution in [0.15, 0.2) is 43.0 Å². The molecule has 0 aromatic carbocycles. The zero-order chi connectivity index (χ0) is 26.2. The van der Waals surface area contributed by atoms with Gasteiger partial charge in [0, 0.05) is 38.6 Å². The molecule has 5 aromatic heterocycles. The molecule has 1 N–H and O–H groups in total. The third-order valence-corrected chi connectivity index (χ3v) is 6.31. The van der Waals surface area contributed by atoms with Gasteiger partial charge in [0.1, 0.15) is 5.75 Å². The van der Waals surface area contributed by atoms with E-state index in [2.05, 4.69) is 40.8 Å². The summed E-state index contributed by atoms with van der Waals surface area (Å²) in [6.45, 7) is 3.35. The van der Waals surface area contributed by atoms with Crippen molar-refractivity contribution in [1.29, 1.82) is 0 Å². The predicted molar refractivity (Wildman–Crippen MR) is 132 cm³/mol. The Balaban J connectivity index is 1.22. The molecule has 6 heterocycles. The molecule has 0 bridgehead atoms. The number of pyridine rings is 2. The Morgan fingerprint density at radius 1 is 1.05 bits per heavy atom. The number of Topliss-reactive ketones (excluding diaryl/α,β-unsaturated/α-hetero) is 1. The summed E-state index contributed by atoms with van der Waals surface area (Å²) < 4.78 is 8.51. The van der Waals surface area contributed by atoms with E-state index in [4.69, 9.17) is 4.74 Å². The highest BCUT2D eigenvalue weighted by atomic mass is 16.5. The molecule has 0 aliphatic carbocycles. The maximum absolute atomic E-state index is 13.4.